The summed E-state index contributed by atoms with van der Waals surface area (Å²) in [6.07, 6.45) is 0. The second-order valence-electron chi connectivity index (χ2n) is 4.35. The van der Waals surface area contributed by atoms with Crippen LogP contribution in [0.1, 0.15) is 22.9 Å². The van der Waals surface area contributed by atoms with Crippen LogP contribution in [-0.4, -0.2) is 11.6 Å². The molecule has 0 fully saturated rings. The van der Waals surface area contributed by atoms with Crippen LogP contribution in [0, 0.1) is 20.8 Å². The van der Waals surface area contributed by atoms with Crippen LogP contribution in [0.25, 0.3) is 11.3 Å². The molecule has 0 spiro atoms. The number of benzene rings is 1. The minimum absolute atomic E-state index is 0.601. The standard InChI is InChI=1S/C14H18N2OS/c1-5-17-13-9(3)6-8(2)7-11(13)12-10(4)18-14(15)16-12/h6-7H,5H2,1-4H3,(H2,15,16). The van der Waals surface area contributed by atoms with Gasteiger partial charge in [-0.2, -0.15) is 0 Å². The summed E-state index contributed by atoms with van der Waals surface area (Å²) in [6, 6.07) is 4.24. The SMILES string of the molecule is CCOc1c(C)cc(C)cc1-c1nc(N)sc1C. The van der Waals surface area contributed by atoms with Crippen molar-refractivity contribution in [2.24, 2.45) is 0 Å². The molecule has 0 bridgehead atoms. The molecule has 2 aromatic rings. The molecule has 0 aliphatic rings. The van der Waals surface area contributed by atoms with Crippen molar-refractivity contribution in [3.05, 3.63) is 28.1 Å². The van der Waals surface area contributed by atoms with Crippen molar-refractivity contribution in [1.29, 1.82) is 0 Å². The maximum Gasteiger partial charge on any atom is 0.180 e. The number of aromatic nitrogens is 1. The van der Waals surface area contributed by atoms with Gasteiger partial charge in [0, 0.05) is 10.4 Å². The molecule has 1 aromatic carbocycles. The highest BCUT2D eigenvalue weighted by Crippen LogP contribution is 2.37. The quantitative estimate of drug-likeness (QED) is 0.917. The zero-order valence-electron chi connectivity index (χ0n) is 11.2. The third-order valence-corrected chi connectivity index (χ3v) is 3.58. The van der Waals surface area contributed by atoms with Crippen LogP contribution >= 0.6 is 11.3 Å². The summed E-state index contributed by atoms with van der Waals surface area (Å²) in [4.78, 5) is 5.55. The first kappa shape index (κ1) is 12.9. The van der Waals surface area contributed by atoms with Gasteiger partial charge in [0.2, 0.25) is 0 Å². The molecule has 0 aliphatic heterocycles. The van der Waals surface area contributed by atoms with Gasteiger partial charge in [0.1, 0.15) is 5.75 Å². The topological polar surface area (TPSA) is 48.1 Å². The molecular formula is C14H18N2OS. The first-order valence-electron chi connectivity index (χ1n) is 6.00. The van der Waals surface area contributed by atoms with Crippen LogP contribution in [0.5, 0.6) is 5.75 Å². The first-order chi connectivity index (χ1) is 8.52. The molecule has 0 atom stereocenters. The number of ether oxygens (including phenoxy) is 1. The van der Waals surface area contributed by atoms with Gasteiger partial charge in [0.05, 0.1) is 12.3 Å². The highest BCUT2D eigenvalue weighted by atomic mass is 32.1. The predicted molar refractivity (Wildman–Crippen MR) is 77.3 cm³/mol. The number of nitrogen functional groups attached to an aromatic ring is 1. The van der Waals surface area contributed by atoms with E-state index in [-0.39, 0.29) is 0 Å². The predicted octanol–water partition coefficient (Wildman–Crippen LogP) is 3.72. The summed E-state index contributed by atoms with van der Waals surface area (Å²) in [5.41, 5.74) is 10.1. The van der Waals surface area contributed by atoms with E-state index in [2.05, 4.69) is 31.0 Å². The number of hydrogen-bond donors (Lipinski definition) is 1. The van der Waals surface area contributed by atoms with Crippen molar-refractivity contribution in [2.45, 2.75) is 27.7 Å². The largest absolute Gasteiger partial charge is 0.493 e. The molecule has 96 valence electrons. The summed E-state index contributed by atoms with van der Waals surface area (Å²) in [5.74, 6) is 0.913. The zero-order valence-corrected chi connectivity index (χ0v) is 12.0. The van der Waals surface area contributed by atoms with Gasteiger partial charge in [-0.1, -0.05) is 6.07 Å². The summed E-state index contributed by atoms with van der Waals surface area (Å²) in [5, 5.41) is 0.601. The van der Waals surface area contributed by atoms with Crippen LogP contribution in [0.15, 0.2) is 12.1 Å². The molecule has 0 unspecified atom stereocenters. The molecular weight excluding hydrogens is 244 g/mol. The Balaban J connectivity index is 2.65. The lowest BCUT2D eigenvalue weighted by atomic mass is 10.0. The normalized spacial score (nSPS) is 10.7. The molecule has 18 heavy (non-hydrogen) atoms. The van der Waals surface area contributed by atoms with Gasteiger partial charge in [0.25, 0.3) is 0 Å². The Morgan fingerprint density at radius 1 is 1.28 bits per heavy atom. The average molecular weight is 262 g/mol. The maximum absolute atomic E-state index is 5.78. The number of nitrogens with two attached hydrogens (primary N) is 1. The van der Waals surface area contributed by atoms with Gasteiger partial charge in [-0.05, 0) is 44.9 Å². The molecule has 0 radical (unpaired) electrons. The fourth-order valence-corrected chi connectivity index (χ4v) is 2.84. The number of aryl methyl sites for hydroxylation is 3. The fourth-order valence-electron chi connectivity index (χ4n) is 2.13. The molecule has 0 saturated carbocycles. The second-order valence-corrected chi connectivity index (χ2v) is 5.58. The van der Waals surface area contributed by atoms with Crippen LogP contribution in [0.4, 0.5) is 5.13 Å². The molecule has 0 amide bonds. The summed E-state index contributed by atoms with van der Waals surface area (Å²) >= 11 is 1.51. The number of anilines is 1. The number of nitrogens with zero attached hydrogens (tertiary/aromatic N) is 1. The number of thiazole rings is 1. The number of hydrogen-bond acceptors (Lipinski definition) is 4. The van der Waals surface area contributed by atoms with E-state index in [9.17, 15) is 0 Å². The molecule has 1 heterocycles. The Morgan fingerprint density at radius 2 is 2.00 bits per heavy atom. The fraction of sp³-hybridized carbons (Fsp3) is 0.357. The van der Waals surface area contributed by atoms with Crippen molar-refractivity contribution in [3.8, 4) is 17.0 Å². The van der Waals surface area contributed by atoms with E-state index in [0.29, 0.717) is 11.7 Å². The maximum atomic E-state index is 5.78. The van der Waals surface area contributed by atoms with Gasteiger partial charge in [-0.25, -0.2) is 4.98 Å². The summed E-state index contributed by atoms with van der Waals surface area (Å²) in [7, 11) is 0. The average Bonchev–Trinajstić information content (AvgIpc) is 2.61. The van der Waals surface area contributed by atoms with Crippen molar-refractivity contribution in [1.82, 2.24) is 4.98 Å². The Hall–Kier alpha value is -1.55. The zero-order chi connectivity index (χ0) is 13.3. The van der Waals surface area contributed by atoms with Crippen molar-refractivity contribution < 1.29 is 4.74 Å². The molecule has 3 nitrogen and oxygen atoms in total. The van der Waals surface area contributed by atoms with E-state index >= 15 is 0 Å². The van der Waals surface area contributed by atoms with E-state index in [4.69, 9.17) is 10.5 Å². The molecule has 1 aromatic heterocycles. The Bertz CT molecular complexity index is 575. The van der Waals surface area contributed by atoms with E-state index in [1.807, 2.05) is 13.8 Å². The lowest BCUT2D eigenvalue weighted by Gasteiger charge is -2.13. The van der Waals surface area contributed by atoms with Crippen LogP contribution in [0.3, 0.4) is 0 Å². The van der Waals surface area contributed by atoms with Crippen LogP contribution < -0.4 is 10.5 Å². The van der Waals surface area contributed by atoms with Crippen molar-refractivity contribution >= 4 is 16.5 Å². The molecule has 4 heteroatoms. The highest BCUT2D eigenvalue weighted by Gasteiger charge is 2.15. The molecule has 2 rings (SSSR count). The van der Waals surface area contributed by atoms with Crippen molar-refractivity contribution in [3.63, 3.8) is 0 Å². The Labute approximate surface area is 112 Å². The van der Waals surface area contributed by atoms with Gasteiger partial charge in [-0.3, -0.25) is 0 Å². The van der Waals surface area contributed by atoms with Crippen LogP contribution in [-0.2, 0) is 0 Å². The van der Waals surface area contributed by atoms with Gasteiger partial charge in [0.15, 0.2) is 5.13 Å². The molecule has 0 saturated heterocycles. The lowest BCUT2D eigenvalue weighted by molar-refractivity contribution is 0.339. The third kappa shape index (κ3) is 2.34. The van der Waals surface area contributed by atoms with Crippen molar-refractivity contribution in [2.75, 3.05) is 12.3 Å². The highest BCUT2D eigenvalue weighted by molar-refractivity contribution is 7.15. The number of rotatable bonds is 3. The second kappa shape index (κ2) is 4.98. The minimum Gasteiger partial charge on any atom is -0.493 e. The van der Waals surface area contributed by atoms with E-state index < -0.39 is 0 Å². The molecule has 2 N–H and O–H groups in total. The van der Waals surface area contributed by atoms with Crippen LogP contribution in [0.2, 0.25) is 0 Å². The third-order valence-electron chi connectivity index (χ3n) is 2.78. The van der Waals surface area contributed by atoms with E-state index in [1.54, 1.807) is 0 Å². The van der Waals surface area contributed by atoms with Gasteiger partial charge < -0.3 is 10.5 Å². The minimum atomic E-state index is 0.601. The first-order valence-corrected chi connectivity index (χ1v) is 6.82. The Morgan fingerprint density at radius 3 is 2.56 bits per heavy atom. The van der Waals surface area contributed by atoms with E-state index in [0.717, 1.165) is 27.4 Å². The summed E-state index contributed by atoms with van der Waals surface area (Å²) < 4.78 is 5.77. The summed E-state index contributed by atoms with van der Waals surface area (Å²) in [6.45, 7) is 8.82. The lowest BCUT2D eigenvalue weighted by Crippen LogP contribution is -1.98. The van der Waals surface area contributed by atoms with E-state index in [1.165, 1.54) is 16.9 Å². The Kier molecular flexibility index (Phi) is 3.57. The smallest absolute Gasteiger partial charge is 0.180 e. The van der Waals surface area contributed by atoms with Gasteiger partial charge >= 0.3 is 0 Å². The molecule has 0 aliphatic carbocycles. The monoisotopic (exact) mass is 262 g/mol. The van der Waals surface area contributed by atoms with Gasteiger partial charge in [-0.15, -0.1) is 11.3 Å².